The number of rotatable bonds is 6. The first-order valence-electron chi connectivity index (χ1n) is 7.31. The molecule has 0 saturated heterocycles. The second-order valence-electron chi connectivity index (χ2n) is 5.44. The van der Waals surface area contributed by atoms with Crippen LogP contribution in [0.4, 0.5) is 0 Å². The Morgan fingerprint density at radius 2 is 2.20 bits per heavy atom. The summed E-state index contributed by atoms with van der Waals surface area (Å²) >= 11 is 5.22. The van der Waals surface area contributed by atoms with E-state index in [2.05, 4.69) is 34.3 Å². The summed E-state index contributed by atoms with van der Waals surface area (Å²) in [5.41, 5.74) is 6.28. The molecule has 0 aromatic carbocycles. The van der Waals surface area contributed by atoms with E-state index in [0.717, 1.165) is 30.2 Å². The zero-order chi connectivity index (χ0) is 14.5. The Morgan fingerprint density at radius 1 is 1.45 bits per heavy atom. The number of halogens is 1. The van der Waals surface area contributed by atoms with E-state index in [0.29, 0.717) is 6.10 Å². The highest BCUT2D eigenvalue weighted by atomic mass is 79.9. The molecule has 0 radical (unpaired) electrons. The summed E-state index contributed by atoms with van der Waals surface area (Å²) in [7, 11) is 1.79. The first-order chi connectivity index (χ1) is 9.63. The van der Waals surface area contributed by atoms with E-state index in [4.69, 9.17) is 15.2 Å². The van der Waals surface area contributed by atoms with Crippen molar-refractivity contribution in [2.75, 3.05) is 7.11 Å². The molecule has 0 spiro atoms. The van der Waals surface area contributed by atoms with E-state index in [-0.39, 0.29) is 18.2 Å². The maximum atomic E-state index is 6.36. The average Bonchev–Trinajstić information content (AvgIpc) is 2.90. The van der Waals surface area contributed by atoms with Crippen LogP contribution < -0.4 is 5.73 Å². The van der Waals surface area contributed by atoms with Gasteiger partial charge in [0.25, 0.3) is 0 Å². The molecule has 0 aliphatic heterocycles. The molecular weight excluding hydrogens is 338 g/mol. The largest absolute Gasteiger partial charge is 0.381 e. The van der Waals surface area contributed by atoms with Gasteiger partial charge in [0.1, 0.15) is 6.10 Å². The highest BCUT2D eigenvalue weighted by molar-refractivity contribution is 9.10. The second kappa shape index (κ2) is 7.90. The number of hydrogen-bond donors (Lipinski definition) is 1. The monoisotopic (exact) mass is 361 g/mol. The van der Waals surface area contributed by atoms with Crippen LogP contribution in [0.1, 0.15) is 50.0 Å². The van der Waals surface area contributed by atoms with Gasteiger partial charge >= 0.3 is 0 Å². The molecular formula is C15H24BrNO2S. The van der Waals surface area contributed by atoms with Crippen LogP contribution in [0.15, 0.2) is 15.9 Å². The quantitative estimate of drug-likeness (QED) is 0.822. The Balaban J connectivity index is 2.04. The van der Waals surface area contributed by atoms with Crippen molar-refractivity contribution in [2.45, 2.75) is 63.4 Å². The molecule has 2 N–H and O–H groups in total. The third kappa shape index (κ3) is 4.28. The number of ether oxygens (including phenoxy) is 2. The summed E-state index contributed by atoms with van der Waals surface area (Å²) in [4.78, 5) is 1.21. The Bertz CT molecular complexity index is 412. The molecule has 2 rings (SSSR count). The molecule has 114 valence electrons. The van der Waals surface area contributed by atoms with Crippen molar-refractivity contribution in [3.63, 3.8) is 0 Å². The van der Waals surface area contributed by atoms with Crippen molar-refractivity contribution in [1.82, 2.24) is 0 Å². The zero-order valence-corrected chi connectivity index (χ0v) is 14.6. The summed E-state index contributed by atoms with van der Waals surface area (Å²) in [6.07, 6.45) is 5.92. The lowest BCUT2D eigenvalue weighted by molar-refractivity contribution is -0.0733. The Kier molecular flexibility index (Phi) is 6.49. The summed E-state index contributed by atoms with van der Waals surface area (Å²) in [6.45, 7) is 2.11. The lowest BCUT2D eigenvalue weighted by atomic mass is 9.94. The van der Waals surface area contributed by atoms with Gasteiger partial charge in [0, 0.05) is 27.9 Å². The fourth-order valence-corrected chi connectivity index (χ4v) is 4.27. The van der Waals surface area contributed by atoms with E-state index < -0.39 is 0 Å². The van der Waals surface area contributed by atoms with E-state index in [1.54, 1.807) is 18.4 Å². The van der Waals surface area contributed by atoms with Gasteiger partial charge in [-0.15, -0.1) is 11.3 Å². The van der Waals surface area contributed by atoms with Gasteiger partial charge in [0.05, 0.1) is 12.2 Å². The van der Waals surface area contributed by atoms with Gasteiger partial charge in [0.15, 0.2) is 0 Å². The third-order valence-corrected chi connectivity index (χ3v) is 5.73. The van der Waals surface area contributed by atoms with Gasteiger partial charge in [0.2, 0.25) is 0 Å². The molecule has 1 aliphatic rings. The predicted octanol–water partition coefficient (Wildman–Crippen LogP) is 4.26. The SMILES string of the molecule is CCC(N)C(OC1CCCC(OC)C1)c1cc(Br)cs1. The van der Waals surface area contributed by atoms with Crippen LogP contribution in [-0.2, 0) is 9.47 Å². The van der Waals surface area contributed by atoms with Gasteiger partial charge in [-0.3, -0.25) is 0 Å². The molecule has 0 bridgehead atoms. The maximum absolute atomic E-state index is 6.36. The zero-order valence-electron chi connectivity index (χ0n) is 12.2. The Hall–Kier alpha value is 0.0600. The van der Waals surface area contributed by atoms with Crippen LogP contribution in [0.5, 0.6) is 0 Å². The van der Waals surface area contributed by atoms with Crippen molar-refractivity contribution in [1.29, 1.82) is 0 Å². The van der Waals surface area contributed by atoms with Crippen molar-refractivity contribution < 1.29 is 9.47 Å². The summed E-state index contributed by atoms with van der Waals surface area (Å²) < 4.78 is 12.9. The number of nitrogens with two attached hydrogens (primary N) is 1. The summed E-state index contributed by atoms with van der Waals surface area (Å²) in [6, 6.07) is 2.17. The Morgan fingerprint density at radius 3 is 2.80 bits per heavy atom. The molecule has 1 heterocycles. The van der Waals surface area contributed by atoms with Gasteiger partial charge in [-0.05, 0) is 54.1 Å². The van der Waals surface area contributed by atoms with Crippen LogP contribution in [0, 0.1) is 0 Å². The molecule has 1 aromatic heterocycles. The van der Waals surface area contributed by atoms with E-state index in [1.165, 1.54) is 11.3 Å². The minimum Gasteiger partial charge on any atom is -0.381 e. The van der Waals surface area contributed by atoms with Gasteiger partial charge < -0.3 is 15.2 Å². The van der Waals surface area contributed by atoms with Gasteiger partial charge in [-0.25, -0.2) is 0 Å². The highest BCUT2D eigenvalue weighted by Crippen LogP contribution is 2.34. The summed E-state index contributed by atoms with van der Waals surface area (Å²) in [5, 5.41) is 2.09. The number of hydrogen-bond acceptors (Lipinski definition) is 4. The predicted molar refractivity (Wildman–Crippen MR) is 87.2 cm³/mol. The molecule has 4 atom stereocenters. The van der Waals surface area contributed by atoms with Gasteiger partial charge in [-0.1, -0.05) is 6.92 Å². The molecule has 1 saturated carbocycles. The fraction of sp³-hybridized carbons (Fsp3) is 0.733. The molecule has 0 amide bonds. The Labute approximate surface area is 134 Å². The van der Waals surface area contributed by atoms with Crippen LogP contribution >= 0.6 is 27.3 Å². The van der Waals surface area contributed by atoms with Crippen LogP contribution in [0.3, 0.4) is 0 Å². The smallest absolute Gasteiger partial charge is 0.107 e. The van der Waals surface area contributed by atoms with Crippen molar-refractivity contribution in [3.05, 3.63) is 20.8 Å². The van der Waals surface area contributed by atoms with Crippen molar-refractivity contribution in [3.8, 4) is 0 Å². The third-order valence-electron chi connectivity index (χ3n) is 3.98. The fourth-order valence-electron chi connectivity index (χ4n) is 2.72. The molecule has 20 heavy (non-hydrogen) atoms. The van der Waals surface area contributed by atoms with Crippen molar-refractivity contribution >= 4 is 27.3 Å². The van der Waals surface area contributed by atoms with Crippen LogP contribution in [0.2, 0.25) is 0 Å². The standard InChI is InChI=1S/C15H24BrNO2S/c1-3-13(17)15(14-7-10(16)9-20-14)19-12-6-4-5-11(8-12)18-2/h7,9,11-13,15H,3-6,8,17H2,1-2H3. The topological polar surface area (TPSA) is 44.5 Å². The number of thiophene rings is 1. The molecule has 1 fully saturated rings. The summed E-state index contributed by atoms with van der Waals surface area (Å²) in [5.74, 6) is 0. The minimum absolute atomic E-state index is 0.00286. The van der Waals surface area contributed by atoms with E-state index in [9.17, 15) is 0 Å². The van der Waals surface area contributed by atoms with E-state index >= 15 is 0 Å². The average molecular weight is 362 g/mol. The lowest BCUT2D eigenvalue weighted by Crippen LogP contribution is -2.35. The molecule has 3 nitrogen and oxygen atoms in total. The molecule has 1 aromatic rings. The molecule has 5 heteroatoms. The van der Waals surface area contributed by atoms with Crippen LogP contribution in [0.25, 0.3) is 0 Å². The van der Waals surface area contributed by atoms with Crippen LogP contribution in [-0.4, -0.2) is 25.4 Å². The van der Waals surface area contributed by atoms with Crippen molar-refractivity contribution in [2.24, 2.45) is 5.73 Å². The van der Waals surface area contributed by atoms with E-state index in [1.807, 2.05) is 0 Å². The first-order valence-corrected chi connectivity index (χ1v) is 8.99. The highest BCUT2D eigenvalue weighted by Gasteiger charge is 2.28. The number of methoxy groups -OCH3 is 1. The first kappa shape index (κ1) is 16.4. The normalized spacial score (nSPS) is 26.4. The molecule has 1 aliphatic carbocycles. The maximum Gasteiger partial charge on any atom is 0.107 e. The second-order valence-corrected chi connectivity index (χ2v) is 7.30. The lowest BCUT2D eigenvalue weighted by Gasteiger charge is -2.33. The minimum atomic E-state index is -0.00286. The van der Waals surface area contributed by atoms with Gasteiger partial charge in [-0.2, -0.15) is 0 Å². The molecule has 4 unspecified atom stereocenters.